The highest BCUT2D eigenvalue weighted by Gasteiger charge is 2.35. The standard InChI is InChI=1S/C16H27N5O2/c1-11-18-14-17-8-7-13(21(14)19-11)12-6-5-9-20(10-12)15(22)23-16(2,3)4/h12-13H,5-10H2,1-4H3,(H,17,18,19). The molecule has 0 bridgehead atoms. The number of hydrogen-bond acceptors (Lipinski definition) is 5. The summed E-state index contributed by atoms with van der Waals surface area (Å²) in [5.41, 5.74) is -0.449. The molecule has 3 heterocycles. The number of carbonyl (C=O) groups is 1. The van der Waals surface area contributed by atoms with Gasteiger partial charge in [-0.3, -0.25) is 0 Å². The largest absolute Gasteiger partial charge is 0.444 e. The van der Waals surface area contributed by atoms with E-state index in [-0.39, 0.29) is 6.09 Å². The number of aromatic nitrogens is 3. The molecule has 7 heteroatoms. The highest BCUT2D eigenvalue weighted by atomic mass is 16.6. The number of hydrogen-bond donors (Lipinski definition) is 1. The first kappa shape index (κ1) is 16.1. The molecule has 2 aliphatic rings. The van der Waals surface area contributed by atoms with Crippen LogP contribution in [0.3, 0.4) is 0 Å². The number of nitrogens with zero attached hydrogens (tertiary/aromatic N) is 4. The van der Waals surface area contributed by atoms with Crippen molar-refractivity contribution in [3.8, 4) is 0 Å². The number of ether oxygens (including phenoxy) is 1. The van der Waals surface area contributed by atoms with Crippen LogP contribution >= 0.6 is 0 Å². The first-order valence-corrected chi connectivity index (χ1v) is 8.48. The summed E-state index contributed by atoms with van der Waals surface area (Å²) in [4.78, 5) is 18.6. The molecule has 0 radical (unpaired) electrons. The Balaban J connectivity index is 1.71. The first-order chi connectivity index (χ1) is 10.8. The van der Waals surface area contributed by atoms with E-state index < -0.39 is 5.60 Å². The van der Waals surface area contributed by atoms with Crippen LogP contribution < -0.4 is 5.32 Å². The fourth-order valence-electron chi connectivity index (χ4n) is 3.49. The van der Waals surface area contributed by atoms with E-state index >= 15 is 0 Å². The molecule has 0 aliphatic carbocycles. The minimum atomic E-state index is -0.449. The number of carbonyl (C=O) groups excluding carboxylic acids is 1. The lowest BCUT2D eigenvalue weighted by Gasteiger charge is -2.39. The minimum Gasteiger partial charge on any atom is -0.444 e. The Hall–Kier alpha value is -1.79. The van der Waals surface area contributed by atoms with Gasteiger partial charge < -0.3 is 15.0 Å². The van der Waals surface area contributed by atoms with Gasteiger partial charge in [-0.15, -0.1) is 0 Å². The van der Waals surface area contributed by atoms with Gasteiger partial charge in [-0.25, -0.2) is 9.48 Å². The van der Waals surface area contributed by atoms with Crippen LogP contribution in [0.4, 0.5) is 10.7 Å². The molecule has 0 aromatic carbocycles. The maximum Gasteiger partial charge on any atom is 0.410 e. The topological polar surface area (TPSA) is 72.3 Å². The molecule has 128 valence electrons. The van der Waals surface area contributed by atoms with Crippen LogP contribution in [0.5, 0.6) is 0 Å². The normalized spacial score (nSPS) is 24.8. The number of anilines is 1. The van der Waals surface area contributed by atoms with Crippen LogP contribution in [0.25, 0.3) is 0 Å². The molecule has 1 saturated heterocycles. The van der Waals surface area contributed by atoms with Gasteiger partial charge >= 0.3 is 6.09 Å². The fourth-order valence-corrected chi connectivity index (χ4v) is 3.49. The molecule has 2 aliphatic heterocycles. The van der Waals surface area contributed by atoms with Crippen LogP contribution in [0.1, 0.15) is 51.9 Å². The van der Waals surface area contributed by atoms with Gasteiger partial charge in [-0.1, -0.05) is 0 Å². The molecule has 7 nitrogen and oxygen atoms in total. The van der Waals surface area contributed by atoms with Crippen molar-refractivity contribution in [3.05, 3.63) is 5.82 Å². The third kappa shape index (κ3) is 3.59. The molecule has 1 fully saturated rings. The lowest BCUT2D eigenvalue weighted by Crippen LogP contribution is -2.45. The molecule has 1 aromatic rings. The molecular formula is C16H27N5O2. The predicted molar refractivity (Wildman–Crippen MR) is 87.4 cm³/mol. The van der Waals surface area contributed by atoms with E-state index in [9.17, 15) is 4.79 Å². The van der Waals surface area contributed by atoms with Gasteiger partial charge in [0.2, 0.25) is 5.95 Å². The van der Waals surface area contributed by atoms with Crippen molar-refractivity contribution < 1.29 is 9.53 Å². The second-order valence-electron chi connectivity index (χ2n) is 7.54. The molecule has 1 aromatic heterocycles. The summed E-state index contributed by atoms with van der Waals surface area (Å²) in [7, 11) is 0. The van der Waals surface area contributed by atoms with Crippen LogP contribution in [-0.4, -0.2) is 51.0 Å². The predicted octanol–water partition coefficient (Wildman–Crippen LogP) is 2.59. The van der Waals surface area contributed by atoms with E-state index in [1.54, 1.807) is 0 Å². The third-order valence-corrected chi connectivity index (χ3v) is 4.43. The molecular weight excluding hydrogens is 294 g/mol. The van der Waals surface area contributed by atoms with Crippen LogP contribution in [0.15, 0.2) is 0 Å². The van der Waals surface area contributed by atoms with E-state index in [2.05, 4.69) is 15.4 Å². The summed E-state index contributed by atoms with van der Waals surface area (Å²) in [5.74, 6) is 2.05. The monoisotopic (exact) mass is 321 g/mol. The van der Waals surface area contributed by atoms with Crippen molar-refractivity contribution in [2.75, 3.05) is 25.0 Å². The van der Waals surface area contributed by atoms with Crippen LogP contribution in [0, 0.1) is 12.8 Å². The Kier molecular flexibility index (Phi) is 4.21. The number of aryl methyl sites for hydroxylation is 1. The Morgan fingerprint density at radius 2 is 2.13 bits per heavy atom. The summed E-state index contributed by atoms with van der Waals surface area (Å²) < 4.78 is 7.54. The smallest absolute Gasteiger partial charge is 0.410 e. The Morgan fingerprint density at radius 1 is 1.35 bits per heavy atom. The van der Waals surface area contributed by atoms with Crippen molar-refractivity contribution >= 4 is 12.0 Å². The van der Waals surface area contributed by atoms with E-state index in [1.165, 1.54) is 0 Å². The summed E-state index contributed by atoms with van der Waals surface area (Å²) in [6.45, 7) is 10.1. The van der Waals surface area contributed by atoms with Crippen molar-refractivity contribution in [3.63, 3.8) is 0 Å². The van der Waals surface area contributed by atoms with Gasteiger partial charge in [0.1, 0.15) is 11.4 Å². The summed E-state index contributed by atoms with van der Waals surface area (Å²) in [5, 5.41) is 7.85. The quantitative estimate of drug-likeness (QED) is 0.861. The molecule has 0 spiro atoms. The molecule has 3 rings (SSSR count). The Morgan fingerprint density at radius 3 is 2.87 bits per heavy atom. The van der Waals surface area contributed by atoms with Gasteiger partial charge in [-0.05, 0) is 52.9 Å². The number of rotatable bonds is 1. The second kappa shape index (κ2) is 6.02. The van der Waals surface area contributed by atoms with Crippen LogP contribution in [0.2, 0.25) is 0 Å². The SMILES string of the molecule is Cc1nc2n(n1)C(C1CCCN(C(=O)OC(C)(C)C)C1)CCN2. The molecule has 1 N–H and O–H groups in total. The van der Waals surface area contributed by atoms with Gasteiger partial charge in [-0.2, -0.15) is 10.1 Å². The van der Waals surface area contributed by atoms with Crippen molar-refractivity contribution in [1.82, 2.24) is 19.7 Å². The third-order valence-electron chi connectivity index (χ3n) is 4.43. The highest BCUT2D eigenvalue weighted by molar-refractivity contribution is 5.68. The average Bonchev–Trinajstić information content (AvgIpc) is 2.85. The number of fused-ring (bicyclic) bond motifs is 1. The zero-order chi connectivity index (χ0) is 16.6. The lowest BCUT2D eigenvalue weighted by atomic mass is 9.88. The van der Waals surface area contributed by atoms with Gasteiger partial charge in [0.15, 0.2) is 0 Å². The van der Waals surface area contributed by atoms with E-state index in [0.717, 1.165) is 50.7 Å². The van der Waals surface area contributed by atoms with Gasteiger partial charge in [0.05, 0.1) is 6.04 Å². The number of amides is 1. The summed E-state index contributed by atoms with van der Waals surface area (Å²) >= 11 is 0. The van der Waals surface area contributed by atoms with E-state index in [4.69, 9.17) is 4.74 Å². The zero-order valence-corrected chi connectivity index (χ0v) is 14.5. The molecule has 1 amide bonds. The lowest BCUT2D eigenvalue weighted by molar-refractivity contribution is 0.0126. The Bertz CT molecular complexity index is 578. The maximum atomic E-state index is 12.3. The van der Waals surface area contributed by atoms with E-state index in [1.807, 2.05) is 37.3 Å². The van der Waals surface area contributed by atoms with Gasteiger partial charge in [0, 0.05) is 19.6 Å². The second-order valence-corrected chi connectivity index (χ2v) is 7.54. The zero-order valence-electron chi connectivity index (χ0n) is 14.5. The molecule has 23 heavy (non-hydrogen) atoms. The number of piperidine rings is 1. The summed E-state index contributed by atoms with van der Waals surface area (Å²) in [6, 6.07) is 0.303. The van der Waals surface area contributed by atoms with Crippen molar-refractivity contribution in [2.24, 2.45) is 5.92 Å². The molecule has 2 atom stereocenters. The summed E-state index contributed by atoms with van der Waals surface area (Å²) in [6.07, 6.45) is 2.94. The molecule has 0 saturated carbocycles. The number of nitrogens with one attached hydrogen (secondary N) is 1. The van der Waals surface area contributed by atoms with Crippen LogP contribution in [-0.2, 0) is 4.74 Å². The highest BCUT2D eigenvalue weighted by Crippen LogP contribution is 2.34. The van der Waals surface area contributed by atoms with Crippen molar-refractivity contribution in [2.45, 2.75) is 58.6 Å². The first-order valence-electron chi connectivity index (χ1n) is 8.48. The Labute approximate surface area is 137 Å². The maximum absolute atomic E-state index is 12.3. The minimum absolute atomic E-state index is 0.203. The average molecular weight is 321 g/mol. The molecule has 2 unspecified atom stereocenters. The van der Waals surface area contributed by atoms with E-state index in [0.29, 0.717) is 12.0 Å². The van der Waals surface area contributed by atoms with Crippen molar-refractivity contribution in [1.29, 1.82) is 0 Å². The number of likely N-dealkylation sites (tertiary alicyclic amines) is 1. The van der Waals surface area contributed by atoms with Gasteiger partial charge in [0.25, 0.3) is 0 Å². The fraction of sp³-hybridized carbons (Fsp3) is 0.812.